The average Bonchev–Trinajstić information content (AvgIpc) is 2.40. The van der Waals surface area contributed by atoms with Crippen LogP contribution in [0.25, 0.3) is 0 Å². The summed E-state index contributed by atoms with van der Waals surface area (Å²) in [6, 6.07) is 3.77. The van der Waals surface area contributed by atoms with Gasteiger partial charge in [-0.05, 0) is 47.0 Å². The summed E-state index contributed by atoms with van der Waals surface area (Å²) in [5.41, 5.74) is 6.43. The van der Waals surface area contributed by atoms with E-state index < -0.39 is 17.9 Å². The zero-order chi connectivity index (χ0) is 15.1. The number of amides is 1. The highest BCUT2D eigenvalue weighted by molar-refractivity contribution is 9.10. The Morgan fingerprint density at radius 3 is 2.75 bits per heavy atom. The maximum Gasteiger partial charge on any atom is 0.326 e. The molecule has 6 nitrogen and oxygen atoms in total. The van der Waals surface area contributed by atoms with E-state index in [4.69, 9.17) is 15.6 Å². The van der Waals surface area contributed by atoms with Gasteiger partial charge in [0.25, 0.3) is 5.91 Å². The molecule has 1 amide bonds. The molecule has 1 aromatic carbocycles. The lowest BCUT2D eigenvalue weighted by Crippen LogP contribution is -2.40. The summed E-state index contributed by atoms with van der Waals surface area (Å²) < 4.78 is 5.55. The summed E-state index contributed by atoms with van der Waals surface area (Å²) in [5.74, 6) is -1.53. The number of carboxylic acid groups (broad SMARTS) is 1. The lowest BCUT2D eigenvalue weighted by molar-refractivity contribution is -0.139. The molecule has 1 unspecified atom stereocenters. The van der Waals surface area contributed by atoms with Gasteiger partial charge in [0, 0.05) is 29.4 Å². The van der Waals surface area contributed by atoms with Gasteiger partial charge in [0.15, 0.2) is 0 Å². The minimum atomic E-state index is -1.07. The number of carbonyl (C=O) groups is 2. The second kappa shape index (κ2) is 7.86. The molecule has 0 saturated carbocycles. The summed E-state index contributed by atoms with van der Waals surface area (Å²) >= 11 is 3.23. The third-order valence-electron chi connectivity index (χ3n) is 2.70. The van der Waals surface area contributed by atoms with E-state index in [0.717, 1.165) is 0 Å². The number of benzene rings is 1. The molecule has 4 N–H and O–H groups in total. The van der Waals surface area contributed by atoms with Crippen LogP contribution >= 0.6 is 15.9 Å². The van der Waals surface area contributed by atoms with Crippen LogP contribution in [-0.4, -0.2) is 36.7 Å². The van der Waals surface area contributed by atoms with Gasteiger partial charge in [0.1, 0.15) is 6.04 Å². The predicted molar refractivity (Wildman–Crippen MR) is 78.6 cm³/mol. The monoisotopic (exact) mass is 344 g/mol. The van der Waals surface area contributed by atoms with Crippen LogP contribution in [-0.2, 0) is 9.53 Å². The Balaban J connectivity index is 2.69. The Labute approximate surface area is 125 Å². The van der Waals surface area contributed by atoms with Crippen molar-refractivity contribution in [3.63, 3.8) is 0 Å². The zero-order valence-electron chi connectivity index (χ0n) is 11.1. The predicted octanol–water partition coefficient (Wildman–Crippen LogP) is 1.64. The van der Waals surface area contributed by atoms with Gasteiger partial charge < -0.3 is 20.9 Å². The topological polar surface area (TPSA) is 102 Å². The Kier molecular flexibility index (Phi) is 6.47. The Hall–Kier alpha value is -1.60. The van der Waals surface area contributed by atoms with Gasteiger partial charge in [0.2, 0.25) is 0 Å². The molecule has 0 heterocycles. The summed E-state index contributed by atoms with van der Waals surface area (Å²) in [6.07, 6.45) is 0.858. The van der Waals surface area contributed by atoms with E-state index in [1.165, 1.54) is 6.07 Å². The molecule has 1 rings (SSSR count). The van der Waals surface area contributed by atoms with Gasteiger partial charge in [-0.25, -0.2) is 4.79 Å². The number of hydrogen-bond acceptors (Lipinski definition) is 4. The number of rotatable bonds is 7. The number of nitrogen functional groups attached to an aromatic ring is 1. The van der Waals surface area contributed by atoms with Crippen LogP contribution in [0.5, 0.6) is 0 Å². The number of ether oxygens (including phenoxy) is 1. The largest absolute Gasteiger partial charge is 0.480 e. The van der Waals surface area contributed by atoms with Crippen molar-refractivity contribution in [1.82, 2.24) is 5.32 Å². The number of hydrogen-bond donors (Lipinski definition) is 3. The Morgan fingerprint density at radius 1 is 1.50 bits per heavy atom. The van der Waals surface area contributed by atoms with Gasteiger partial charge in [-0.2, -0.15) is 0 Å². The zero-order valence-corrected chi connectivity index (χ0v) is 12.6. The molecule has 0 aromatic heterocycles. The summed E-state index contributed by atoms with van der Waals surface area (Å²) in [4.78, 5) is 23.1. The van der Waals surface area contributed by atoms with E-state index in [2.05, 4.69) is 21.2 Å². The third kappa shape index (κ3) is 4.82. The molecule has 1 atom stereocenters. The molecule has 0 aliphatic rings. The number of halogens is 1. The van der Waals surface area contributed by atoms with Crippen molar-refractivity contribution in [3.05, 3.63) is 28.2 Å². The first-order chi connectivity index (χ1) is 9.45. The lowest BCUT2D eigenvalue weighted by atomic mass is 10.1. The first kappa shape index (κ1) is 16.5. The Morgan fingerprint density at radius 2 is 2.20 bits per heavy atom. The van der Waals surface area contributed by atoms with Gasteiger partial charge in [-0.1, -0.05) is 0 Å². The number of methoxy groups -OCH3 is 1. The quantitative estimate of drug-likeness (QED) is 0.515. The molecule has 0 saturated heterocycles. The lowest BCUT2D eigenvalue weighted by Gasteiger charge is -2.14. The average molecular weight is 345 g/mol. The van der Waals surface area contributed by atoms with Crippen molar-refractivity contribution in [3.8, 4) is 0 Å². The van der Waals surface area contributed by atoms with Crippen molar-refractivity contribution < 1.29 is 19.4 Å². The first-order valence-corrected chi connectivity index (χ1v) is 6.82. The Bertz CT molecular complexity index is 493. The molecule has 0 aliphatic carbocycles. The van der Waals surface area contributed by atoms with Crippen molar-refractivity contribution in [2.24, 2.45) is 0 Å². The molecule has 0 aliphatic heterocycles. The van der Waals surface area contributed by atoms with E-state index in [9.17, 15) is 9.59 Å². The number of anilines is 1. The molecule has 0 radical (unpaired) electrons. The van der Waals surface area contributed by atoms with Crippen molar-refractivity contribution in [1.29, 1.82) is 0 Å². The fraction of sp³-hybridized carbons (Fsp3) is 0.385. The summed E-state index contributed by atoms with van der Waals surface area (Å²) in [5, 5.41) is 11.6. The number of nitrogens with two attached hydrogens (primary N) is 1. The first-order valence-electron chi connectivity index (χ1n) is 6.03. The maximum absolute atomic E-state index is 12.0. The van der Waals surface area contributed by atoms with Crippen molar-refractivity contribution in [2.45, 2.75) is 18.9 Å². The molecule has 0 fully saturated rings. The number of aliphatic carboxylic acids is 1. The normalized spacial score (nSPS) is 11.9. The van der Waals surface area contributed by atoms with Gasteiger partial charge >= 0.3 is 5.97 Å². The molecule has 0 bridgehead atoms. The van der Waals surface area contributed by atoms with Crippen molar-refractivity contribution >= 4 is 33.5 Å². The standard InChI is InChI=1S/C13H17BrN2O4/c1-20-6-2-3-11(13(18)19)16-12(17)8-4-5-9(14)10(15)7-8/h4-5,7,11H,2-3,6,15H2,1H3,(H,16,17)(H,18,19). The fourth-order valence-corrected chi connectivity index (χ4v) is 1.86. The van der Waals surface area contributed by atoms with E-state index in [0.29, 0.717) is 35.2 Å². The smallest absolute Gasteiger partial charge is 0.326 e. The third-order valence-corrected chi connectivity index (χ3v) is 3.43. The minimum absolute atomic E-state index is 0.306. The number of carbonyl (C=O) groups excluding carboxylic acids is 1. The molecular formula is C13H17BrN2O4. The van der Waals surface area contributed by atoms with Crippen LogP contribution < -0.4 is 11.1 Å². The number of carboxylic acids is 1. The molecular weight excluding hydrogens is 328 g/mol. The summed E-state index contributed by atoms with van der Waals surface area (Å²) in [6.45, 7) is 0.449. The van der Waals surface area contributed by atoms with Crippen LogP contribution in [0.1, 0.15) is 23.2 Å². The van der Waals surface area contributed by atoms with E-state index in [1.807, 2.05) is 0 Å². The highest BCUT2D eigenvalue weighted by atomic mass is 79.9. The molecule has 110 valence electrons. The molecule has 7 heteroatoms. The van der Waals surface area contributed by atoms with Gasteiger partial charge in [-0.15, -0.1) is 0 Å². The highest BCUT2D eigenvalue weighted by Crippen LogP contribution is 2.20. The minimum Gasteiger partial charge on any atom is -0.480 e. The maximum atomic E-state index is 12.0. The SMILES string of the molecule is COCCCC(NC(=O)c1ccc(Br)c(N)c1)C(=O)O. The van der Waals surface area contributed by atoms with Gasteiger partial charge in [-0.3, -0.25) is 4.79 Å². The molecule has 0 spiro atoms. The van der Waals surface area contributed by atoms with Crippen LogP contribution in [0.3, 0.4) is 0 Å². The second-order valence-corrected chi connectivity index (χ2v) is 5.09. The molecule has 1 aromatic rings. The van der Waals surface area contributed by atoms with Gasteiger partial charge in [0.05, 0.1) is 0 Å². The van der Waals surface area contributed by atoms with Crippen molar-refractivity contribution in [2.75, 3.05) is 19.5 Å². The van der Waals surface area contributed by atoms with Crippen LogP contribution in [0, 0.1) is 0 Å². The second-order valence-electron chi connectivity index (χ2n) is 4.24. The summed E-state index contributed by atoms with van der Waals surface area (Å²) in [7, 11) is 1.54. The van der Waals surface area contributed by atoms with E-state index in [1.54, 1.807) is 19.2 Å². The van der Waals surface area contributed by atoms with Crippen LogP contribution in [0.4, 0.5) is 5.69 Å². The highest BCUT2D eigenvalue weighted by Gasteiger charge is 2.20. The molecule has 20 heavy (non-hydrogen) atoms. The fourth-order valence-electron chi connectivity index (χ4n) is 1.62. The van der Waals surface area contributed by atoms with E-state index >= 15 is 0 Å². The van der Waals surface area contributed by atoms with E-state index in [-0.39, 0.29) is 0 Å². The van der Waals surface area contributed by atoms with Crippen LogP contribution in [0.15, 0.2) is 22.7 Å². The van der Waals surface area contributed by atoms with Crippen LogP contribution in [0.2, 0.25) is 0 Å². The number of nitrogens with one attached hydrogen (secondary N) is 1.